The molecular formula is C23H22ClN3OS. The molecule has 148 valence electrons. The van der Waals surface area contributed by atoms with Crippen molar-refractivity contribution in [1.29, 1.82) is 0 Å². The molecule has 0 fully saturated rings. The fourth-order valence-electron chi connectivity index (χ4n) is 2.83. The topological polar surface area (TPSA) is 54.4 Å². The lowest BCUT2D eigenvalue weighted by Crippen LogP contribution is -2.22. The number of carbonyl (C=O) groups is 1. The Hall–Kier alpha value is -2.63. The van der Waals surface area contributed by atoms with Gasteiger partial charge in [0.25, 0.3) is 0 Å². The van der Waals surface area contributed by atoms with Gasteiger partial charge in [0.2, 0.25) is 5.91 Å². The summed E-state index contributed by atoms with van der Waals surface area (Å²) in [6.45, 7) is 5.92. The number of benzene rings is 2. The monoisotopic (exact) mass is 423 g/mol. The van der Waals surface area contributed by atoms with Crippen LogP contribution in [0.3, 0.4) is 0 Å². The van der Waals surface area contributed by atoms with Crippen LogP contribution in [0.2, 0.25) is 5.15 Å². The minimum absolute atomic E-state index is 0.0471. The number of para-hydroxylation sites is 1. The Morgan fingerprint density at radius 1 is 1.14 bits per heavy atom. The van der Waals surface area contributed by atoms with E-state index in [1.807, 2.05) is 69.3 Å². The summed E-state index contributed by atoms with van der Waals surface area (Å²) in [6.07, 6.45) is 3.33. The second-order valence-electron chi connectivity index (χ2n) is 6.74. The van der Waals surface area contributed by atoms with Crippen molar-refractivity contribution in [1.82, 2.24) is 4.98 Å². The van der Waals surface area contributed by atoms with Crippen molar-refractivity contribution < 1.29 is 4.79 Å². The Labute approximate surface area is 180 Å². The van der Waals surface area contributed by atoms with Gasteiger partial charge in [-0.2, -0.15) is 0 Å². The van der Waals surface area contributed by atoms with Gasteiger partial charge < -0.3 is 5.32 Å². The highest BCUT2D eigenvalue weighted by Gasteiger charge is 2.16. The number of rotatable bonds is 6. The van der Waals surface area contributed by atoms with E-state index in [9.17, 15) is 4.79 Å². The predicted octanol–water partition coefficient (Wildman–Crippen LogP) is 6.22. The molecule has 3 rings (SSSR count). The second-order valence-corrected chi connectivity index (χ2v) is 8.48. The molecule has 0 aliphatic rings. The summed E-state index contributed by atoms with van der Waals surface area (Å²) in [5.41, 5.74) is 4.58. The molecule has 1 heterocycles. The molecule has 0 saturated heterocycles. The van der Waals surface area contributed by atoms with E-state index in [1.54, 1.807) is 12.4 Å². The number of aromatic nitrogens is 1. The highest BCUT2D eigenvalue weighted by molar-refractivity contribution is 8.00. The number of thioether (sulfide) groups is 1. The molecule has 2 aromatic carbocycles. The molecule has 1 amide bonds. The molecule has 1 aromatic heterocycles. The van der Waals surface area contributed by atoms with Crippen molar-refractivity contribution in [2.75, 3.05) is 5.32 Å². The number of pyridine rings is 1. The number of nitrogens with zero attached hydrogens (tertiary/aromatic N) is 2. The van der Waals surface area contributed by atoms with Crippen LogP contribution in [0.1, 0.15) is 23.6 Å². The molecule has 0 saturated carbocycles. The molecule has 29 heavy (non-hydrogen) atoms. The van der Waals surface area contributed by atoms with Crippen LogP contribution in [0, 0.1) is 13.8 Å². The number of halogens is 1. The maximum Gasteiger partial charge on any atom is 0.237 e. The van der Waals surface area contributed by atoms with Crippen LogP contribution in [-0.2, 0) is 4.79 Å². The van der Waals surface area contributed by atoms with Crippen molar-refractivity contribution in [2.24, 2.45) is 4.99 Å². The van der Waals surface area contributed by atoms with E-state index < -0.39 is 0 Å². The maximum absolute atomic E-state index is 12.7. The normalized spacial score (nSPS) is 12.1. The van der Waals surface area contributed by atoms with Crippen molar-refractivity contribution in [3.8, 4) is 0 Å². The standard InChI is InChI=1S/C23H22ClN3OS/c1-15-11-16(2)13-19(12-15)27-23(28)17(3)29-21-9-5-4-8-20(21)26-14-18-7-6-10-25-22(18)24/h4-14,17H,1-3H3,(H,27,28). The van der Waals surface area contributed by atoms with Crippen molar-refractivity contribution in [2.45, 2.75) is 30.9 Å². The molecule has 0 aliphatic carbocycles. The van der Waals surface area contributed by atoms with Gasteiger partial charge in [-0.15, -0.1) is 11.8 Å². The van der Waals surface area contributed by atoms with Crippen LogP contribution in [0.4, 0.5) is 11.4 Å². The number of amides is 1. The van der Waals surface area contributed by atoms with Crippen LogP contribution < -0.4 is 5.32 Å². The summed E-state index contributed by atoms with van der Waals surface area (Å²) in [5, 5.41) is 3.13. The van der Waals surface area contributed by atoms with Crippen LogP contribution in [0.5, 0.6) is 0 Å². The SMILES string of the molecule is Cc1cc(C)cc(NC(=O)C(C)Sc2ccccc2N=Cc2cccnc2Cl)c1. The molecule has 4 nitrogen and oxygen atoms in total. The van der Waals surface area contributed by atoms with Crippen LogP contribution >= 0.6 is 23.4 Å². The van der Waals surface area contributed by atoms with E-state index in [4.69, 9.17) is 11.6 Å². The lowest BCUT2D eigenvalue weighted by atomic mass is 10.1. The first kappa shape index (κ1) is 21.1. The number of aryl methyl sites for hydroxylation is 2. The summed E-state index contributed by atoms with van der Waals surface area (Å²) in [4.78, 5) is 22.2. The number of anilines is 1. The lowest BCUT2D eigenvalue weighted by molar-refractivity contribution is -0.115. The van der Waals surface area contributed by atoms with E-state index in [1.165, 1.54) is 11.8 Å². The third kappa shape index (κ3) is 5.92. The fraction of sp³-hybridized carbons (Fsp3) is 0.174. The molecule has 1 atom stereocenters. The summed E-state index contributed by atoms with van der Waals surface area (Å²) in [7, 11) is 0. The van der Waals surface area contributed by atoms with Crippen molar-refractivity contribution in [3.63, 3.8) is 0 Å². The van der Waals surface area contributed by atoms with Crippen LogP contribution in [0.25, 0.3) is 0 Å². The molecule has 1 unspecified atom stereocenters. The van der Waals surface area contributed by atoms with Crippen LogP contribution in [0.15, 0.2) is 70.7 Å². The third-order valence-electron chi connectivity index (χ3n) is 4.16. The summed E-state index contributed by atoms with van der Waals surface area (Å²) < 4.78 is 0. The maximum atomic E-state index is 12.7. The Kier molecular flexibility index (Phi) is 7.07. The highest BCUT2D eigenvalue weighted by Crippen LogP contribution is 2.33. The van der Waals surface area contributed by atoms with E-state index >= 15 is 0 Å². The first-order chi connectivity index (χ1) is 13.9. The molecule has 1 N–H and O–H groups in total. The number of hydrogen-bond donors (Lipinski definition) is 1. The fourth-order valence-corrected chi connectivity index (χ4v) is 3.95. The smallest absolute Gasteiger partial charge is 0.237 e. The Morgan fingerprint density at radius 3 is 2.59 bits per heavy atom. The number of aliphatic imine (C=N–C) groups is 1. The number of nitrogens with one attached hydrogen (secondary N) is 1. The summed E-state index contributed by atoms with van der Waals surface area (Å²) in [5.74, 6) is -0.0471. The zero-order valence-electron chi connectivity index (χ0n) is 16.5. The number of hydrogen-bond acceptors (Lipinski definition) is 4. The number of carbonyl (C=O) groups excluding carboxylic acids is 1. The summed E-state index contributed by atoms with van der Waals surface area (Å²) >= 11 is 7.57. The van der Waals surface area contributed by atoms with Gasteiger partial charge >= 0.3 is 0 Å². The van der Waals surface area contributed by atoms with Gasteiger partial charge in [-0.25, -0.2) is 4.98 Å². The van der Waals surface area contributed by atoms with E-state index in [-0.39, 0.29) is 11.2 Å². The third-order valence-corrected chi connectivity index (χ3v) is 5.64. The van der Waals surface area contributed by atoms with E-state index in [2.05, 4.69) is 21.4 Å². The average molecular weight is 424 g/mol. The van der Waals surface area contributed by atoms with E-state index in [0.29, 0.717) is 5.15 Å². The van der Waals surface area contributed by atoms with Gasteiger partial charge in [-0.3, -0.25) is 9.79 Å². The van der Waals surface area contributed by atoms with Crippen molar-refractivity contribution in [3.05, 3.63) is 82.6 Å². The molecule has 3 aromatic rings. The Morgan fingerprint density at radius 2 is 1.86 bits per heavy atom. The van der Waals surface area contributed by atoms with Crippen molar-refractivity contribution >= 4 is 46.9 Å². The van der Waals surface area contributed by atoms with Gasteiger partial charge in [0.15, 0.2) is 0 Å². The van der Waals surface area contributed by atoms with Gasteiger partial charge in [0, 0.05) is 28.6 Å². The molecule has 0 radical (unpaired) electrons. The molecule has 0 spiro atoms. The van der Waals surface area contributed by atoms with Gasteiger partial charge in [-0.1, -0.05) is 29.8 Å². The Bertz CT molecular complexity index is 1030. The lowest BCUT2D eigenvalue weighted by Gasteiger charge is -2.14. The first-order valence-electron chi connectivity index (χ1n) is 9.22. The molecule has 6 heteroatoms. The molecule has 0 bridgehead atoms. The van der Waals surface area contributed by atoms with Gasteiger partial charge in [0.05, 0.1) is 10.9 Å². The van der Waals surface area contributed by atoms with E-state index in [0.717, 1.165) is 33.0 Å². The highest BCUT2D eigenvalue weighted by atomic mass is 35.5. The molecule has 0 aliphatic heterocycles. The Balaban J connectivity index is 1.73. The first-order valence-corrected chi connectivity index (χ1v) is 10.5. The molecular weight excluding hydrogens is 402 g/mol. The largest absolute Gasteiger partial charge is 0.325 e. The van der Waals surface area contributed by atoms with Crippen LogP contribution in [-0.4, -0.2) is 22.4 Å². The summed E-state index contributed by atoms with van der Waals surface area (Å²) in [6, 6.07) is 17.4. The quantitative estimate of drug-likeness (QED) is 0.291. The minimum Gasteiger partial charge on any atom is -0.325 e. The second kappa shape index (κ2) is 9.72. The minimum atomic E-state index is -0.283. The van der Waals surface area contributed by atoms with Gasteiger partial charge in [0.1, 0.15) is 5.15 Å². The predicted molar refractivity (Wildman–Crippen MR) is 123 cm³/mol. The zero-order valence-corrected chi connectivity index (χ0v) is 18.1. The van der Waals surface area contributed by atoms with Gasteiger partial charge in [-0.05, 0) is 68.3 Å². The zero-order chi connectivity index (χ0) is 20.8. The average Bonchev–Trinajstić information content (AvgIpc) is 2.67.